The number of hydrogen-bond donors (Lipinski definition) is 2. The molecule has 26 heavy (non-hydrogen) atoms. The van der Waals surface area contributed by atoms with Crippen LogP contribution in [0.2, 0.25) is 0 Å². The molecule has 0 radical (unpaired) electrons. The highest BCUT2D eigenvalue weighted by molar-refractivity contribution is 5.45. The average Bonchev–Trinajstić information content (AvgIpc) is 2.60. The standard InChI is InChI=1S/C18H26N6O2/c1-11-7-15(10-25)21-18(20-11)24-12(2)8-23(9-13(24)3)16-5-6-19-17(22-16)14(4)26/h5-7,12-14,25-26H,8-10H2,1-4H3/t12-,13+,14-/m1/s1. The third-order valence-electron chi connectivity index (χ3n) is 4.56. The third-order valence-corrected chi connectivity index (χ3v) is 4.56. The molecule has 3 heterocycles. The number of aliphatic hydroxyl groups excluding tert-OH is 2. The van der Waals surface area contributed by atoms with Gasteiger partial charge in [-0.25, -0.2) is 19.9 Å². The Kier molecular flexibility index (Phi) is 5.33. The predicted octanol–water partition coefficient (Wildman–Crippen LogP) is 1.22. The van der Waals surface area contributed by atoms with Gasteiger partial charge < -0.3 is 20.0 Å². The van der Waals surface area contributed by atoms with E-state index in [0.29, 0.717) is 17.5 Å². The summed E-state index contributed by atoms with van der Waals surface area (Å²) in [5, 5.41) is 19.2. The largest absolute Gasteiger partial charge is 0.390 e. The van der Waals surface area contributed by atoms with Gasteiger partial charge in [0.05, 0.1) is 12.3 Å². The quantitative estimate of drug-likeness (QED) is 0.842. The highest BCUT2D eigenvalue weighted by Gasteiger charge is 2.32. The van der Waals surface area contributed by atoms with E-state index in [1.165, 1.54) is 0 Å². The lowest BCUT2D eigenvalue weighted by molar-refractivity contribution is 0.189. The lowest BCUT2D eigenvalue weighted by Gasteiger charge is -2.45. The summed E-state index contributed by atoms with van der Waals surface area (Å²) in [7, 11) is 0. The van der Waals surface area contributed by atoms with Gasteiger partial charge in [0.1, 0.15) is 11.9 Å². The van der Waals surface area contributed by atoms with E-state index in [2.05, 4.69) is 43.6 Å². The molecule has 3 atom stereocenters. The molecule has 1 fully saturated rings. The Hall–Kier alpha value is -2.32. The molecule has 140 valence electrons. The van der Waals surface area contributed by atoms with Crippen molar-refractivity contribution in [2.45, 2.75) is 52.5 Å². The number of nitrogens with zero attached hydrogens (tertiary/aromatic N) is 6. The molecule has 0 saturated carbocycles. The van der Waals surface area contributed by atoms with Crippen molar-refractivity contribution in [3.8, 4) is 0 Å². The van der Waals surface area contributed by atoms with Crippen LogP contribution in [0.3, 0.4) is 0 Å². The Morgan fingerprint density at radius 1 is 1.19 bits per heavy atom. The topological polar surface area (TPSA) is 98.5 Å². The first-order chi connectivity index (χ1) is 12.4. The van der Waals surface area contributed by atoms with Crippen molar-refractivity contribution < 1.29 is 10.2 Å². The van der Waals surface area contributed by atoms with Crippen LogP contribution in [0.15, 0.2) is 18.3 Å². The summed E-state index contributed by atoms with van der Waals surface area (Å²) in [6.07, 6.45) is 0.993. The zero-order valence-electron chi connectivity index (χ0n) is 15.7. The zero-order valence-corrected chi connectivity index (χ0v) is 15.7. The van der Waals surface area contributed by atoms with Gasteiger partial charge in [-0.05, 0) is 39.8 Å². The van der Waals surface area contributed by atoms with Gasteiger partial charge in [0.25, 0.3) is 0 Å². The minimum atomic E-state index is -0.691. The molecular weight excluding hydrogens is 332 g/mol. The summed E-state index contributed by atoms with van der Waals surface area (Å²) in [5.74, 6) is 1.90. The van der Waals surface area contributed by atoms with Gasteiger partial charge in [-0.3, -0.25) is 0 Å². The fourth-order valence-electron chi connectivity index (χ4n) is 3.46. The molecule has 8 heteroatoms. The molecule has 0 amide bonds. The van der Waals surface area contributed by atoms with Crippen molar-refractivity contribution in [2.24, 2.45) is 0 Å². The minimum absolute atomic E-state index is 0.0951. The minimum Gasteiger partial charge on any atom is -0.390 e. The number of aromatic nitrogens is 4. The highest BCUT2D eigenvalue weighted by atomic mass is 16.3. The molecular formula is C18H26N6O2. The monoisotopic (exact) mass is 358 g/mol. The van der Waals surface area contributed by atoms with Crippen LogP contribution < -0.4 is 9.80 Å². The Morgan fingerprint density at radius 2 is 1.88 bits per heavy atom. The van der Waals surface area contributed by atoms with Crippen LogP contribution in [-0.2, 0) is 6.61 Å². The molecule has 2 N–H and O–H groups in total. The Morgan fingerprint density at radius 3 is 2.50 bits per heavy atom. The van der Waals surface area contributed by atoms with Crippen molar-refractivity contribution in [1.82, 2.24) is 19.9 Å². The van der Waals surface area contributed by atoms with Crippen molar-refractivity contribution in [2.75, 3.05) is 22.9 Å². The van der Waals surface area contributed by atoms with Crippen LogP contribution in [0, 0.1) is 6.92 Å². The van der Waals surface area contributed by atoms with Gasteiger partial charge in [-0.15, -0.1) is 0 Å². The third kappa shape index (κ3) is 3.76. The summed E-state index contributed by atoms with van der Waals surface area (Å²) in [4.78, 5) is 22.1. The Labute approximate surface area is 153 Å². The molecule has 8 nitrogen and oxygen atoms in total. The number of anilines is 2. The maximum atomic E-state index is 9.73. The van der Waals surface area contributed by atoms with Gasteiger partial charge >= 0.3 is 0 Å². The van der Waals surface area contributed by atoms with E-state index < -0.39 is 6.10 Å². The summed E-state index contributed by atoms with van der Waals surface area (Å²) in [6.45, 7) is 9.25. The molecule has 0 unspecified atom stereocenters. The van der Waals surface area contributed by atoms with Crippen LogP contribution in [0.4, 0.5) is 11.8 Å². The average molecular weight is 358 g/mol. The normalized spacial score (nSPS) is 21.8. The maximum Gasteiger partial charge on any atom is 0.226 e. The van der Waals surface area contributed by atoms with Gasteiger partial charge in [0, 0.05) is 37.1 Å². The number of rotatable bonds is 4. The van der Waals surface area contributed by atoms with E-state index in [1.54, 1.807) is 19.2 Å². The van der Waals surface area contributed by atoms with Gasteiger partial charge in [0.2, 0.25) is 5.95 Å². The van der Waals surface area contributed by atoms with E-state index in [4.69, 9.17) is 0 Å². The van der Waals surface area contributed by atoms with Gasteiger partial charge in [0.15, 0.2) is 5.82 Å². The molecule has 2 aromatic heterocycles. The molecule has 1 aliphatic heterocycles. The van der Waals surface area contributed by atoms with E-state index in [9.17, 15) is 10.2 Å². The zero-order chi connectivity index (χ0) is 18.8. The lowest BCUT2D eigenvalue weighted by Crippen LogP contribution is -2.58. The fourth-order valence-corrected chi connectivity index (χ4v) is 3.46. The highest BCUT2D eigenvalue weighted by Crippen LogP contribution is 2.25. The number of aryl methyl sites for hydroxylation is 1. The van der Waals surface area contributed by atoms with Gasteiger partial charge in [-0.2, -0.15) is 0 Å². The molecule has 0 spiro atoms. The first kappa shape index (κ1) is 18.5. The SMILES string of the molecule is Cc1cc(CO)nc(N2[C@H](C)CN(c3ccnc([C@@H](C)O)n3)C[C@@H]2C)n1. The molecule has 0 aromatic carbocycles. The Balaban J connectivity index is 1.84. The summed E-state index contributed by atoms with van der Waals surface area (Å²) >= 11 is 0. The molecule has 1 saturated heterocycles. The number of aliphatic hydroxyl groups is 2. The van der Waals surface area contributed by atoms with E-state index in [1.807, 2.05) is 13.0 Å². The van der Waals surface area contributed by atoms with Crippen LogP contribution in [0.25, 0.3) is 0 Å². The van der Waals surface area contributed by atoms with Crippen LogP contribution in [0.1, 0.15) is 44.1 Å². The smallest absolute Gasteiger partial charge is 0.226 e. The molecule has 3 rings (SSSR count). The molecule has 1 aliphatic rings. The maximum absolute atomic E-state index is 9.73. The first-order valence-corrected chi connectivity index (χ1v) is 8.88. The van der Waals surface area contributed by atoms with E-state index >= 15 is 0 Å². The summed E-state index contributed by atoms with van der Waals surface area (Å²) < 4.78 is 0. The summed E-state index contributed by atoms with van der Waals surface area (Å²) in [6, 6.07) is 4.00. The van der Waals surface area contributed by atoms with Crippen LogP contribution in [-0.4, -0.2) is 55.3 Å². The molecule has 0 bridgehead atoms. The summed E-state index contributed by atoms with van der Waals surface area (Å²) in [5.41, 5.74) is 1.48. The molecule has 0 aliphatic carbocycles. The number of hydrogen-bond acceptors (Lipinski definition) is 8. The van der Waals surface area contributed by atoms with Crippen LogP contribution >= 0.6 is 0 Å². The second-order valence-corrected chi connectivity index (χ2v) is 6.92. The van der Waals surface area contributed by atoms with Crippen molar-refractivity contribution in [3.05, 3.63) is 35.5 Å². The predicted molar refractivity (Wildman–Crippen MR) is 99.0 cm³/mol. The fraction of sp³-hybridized carbons (Fsp3) is 0.556. The lowest BCUT2D eigenvalue weighted by atomic mass is 10.1. The Bertz CT molecular complexity index is 757. The molecule has 2 aromatic rings. The van der Waals surface area contributed by atoms with Crippen LogP contribution in [0.5, 0.6) is 0 Å². The second-order valence-electron chi connectivity index (χ2n) is 6.92. The number of piperazine rings is 1. The van der Waals surface area contributed by atoms with E-state index in [0.717, 1.165) is 24.6 Å². The van der Waals surface area contributed by atoms with Crippen molar-refractivity contribution in [1.29, 1.82) is 0 Å². The second kappa shape index (κ2) is 7.51. The first-order valence-electron chi connectivity index (χ1n) is 8.88. The van der Waals surface area contributed by atoms with Crippen molar-refractivity contribution >= 4 is 11.8 Å². The van der Waals surface area contributed by atoms with Gasteiger partial charge in [-0.1, -0.05) is 0 Å². The van der Waals surface area contributed by atoms with E-state index in [-0.39, 0.29) is 18.7 Å². The van der Waals surface area contributed by atoms with Crippen molar-refractivity contribution in [3.63, 3.8) is 0 Å².